The second-order valence-electron chi connectivity index (χ2n) is 4.44. The Morgan fingerprint density at radius 2 is 1.27 bits per heavy atom. The van der Waals surface area contributed by atoms with Crippen LogP contribution in [-0.4, -0.2) is 15.0 Å². The lowest BCUT2D eigenvalue weighted by Gasteiger charge is -2.06. The van der Waals surface area contributed by atoms with Gasteiger partial charge in [-0.15, -0.1) is 0 Å². The SMILES string of the molecule is C[Si](C)CCCCCCCCC(F)(F)F. The summed E-state index contributed by atoms with van der Waals surface area (Å²) < 4.78 is 35.3. The molecule has 0 atom stereocenters. The standard InChI is InChI=1S/C11H22F3Si/c1-15(2)10-8-6-4-3-5-7-9-11(12,13)14/h3-10H2,1-2H3. The van der Waals surface area contributed by atoms with Crippen LogP contribution in [0.3, 0.4) is 0 Å². The van der Waals surface area contributed by atoms with Crippen LogP contribution < -0.4 is 0 Å². The normalized spacial score (nSPS) is 12.4. The molecular formula is C11H22F3Si. The van der Waals surface area contributed by atoms with Gasteiger partial charge in [-0.05, 0) is 6.42 Å². The van der Waals surface area contributed by atoms with Gasteiger partial charge in [0.15, 0.2) is 0 Å². The van der Waals surface area contributed by atoms with E-state index in [1.54, 1.807) is 0 Å². The lowest BCUT2D eigenvalue weighted by atomic mass is 10.1. The van der Waals surface area contributed by atoms with Crippen LogP contribution in [0.15, 0.2) is 0 Å². The summed E-state index contributed by atoms with van der Waals surface area (Å²) in [4.78, 5) is 0. The Morgan fingerprint density at radius 3 is 1.73 bits per heavy atom. The summed E-state index contributed by atoms with van der Waals surface area (Å²) in [6.07, 6.45) is 1.00. The molecule has 4 heteroatoms. The number of hydrogen-bond acceptors (Lipinski definition) is 0. The predicted octanol–water partition coefficient (Wildman–Crippen LogP) is 5.03. The van der Waals surface area contributed by atoms with E-state index in [9.17, 15) is 13.2 Å². The second kappa shape index (κ2) is 8.19. The summed E-state index contributed by atoms with van der Waals surface area (Å²) in [5.41, 5.74) is 0. The lowest BCUT2D eigenvalue weighted by Crippen LogP contribution is -2.06. The van der Waals surface area contributed by atoms with Crippen molar-refractivity contribution in [3.05, 3.63) is 0 Å². The van der Waals surface area contributed by atoms with Gasteiger partial charge in [-0.25, -0.2) is 0 Å². The summed E-state index contributed by atoms with van der Waals surface area (Å²) in [5, 5.41) is 0. The molecular weight excluding hydrogens is 217 g/mol. The molecule has 0 aromatic rings. The maximum atomic E-state index is 11.8. The zero-order chi connectivity index (χ0) is 11.7. The first-order valence-corrected chi connectivity index (χ1v) is 8.48. The summed E-state index contributed by atoms with van der Waals surface area (Å²) in [6, 6.07) is 1.34. The van der Waals surface area contributed by atoms with Gasteiger partial charge in [0.2, 0.25) is 0 Å². The zero-order valence-electron chi connectivity index (χ0n) is 9.79. The molecule has 1 radical (unpaired) electrons. The van der Waals surface area contributed by atoms with Gasteiger partial charge >= 0.3 is 6.18 Å². The van der Waals surface area contributed by atoms with E-state index in [1.165, 1.54) is 18.9 Å². The minimum absolute atomic E-state index is 0.0996. The van der Waals surface area contributed by atoms with Crippen molar-refractivity contribution in [3.8, 4) is 0 Å². The Balaban J connectivity index is 3.06. The van der Waals surface area contributed by atoms with E-state index in [1.807, 2.05) is 0 Å². The minimum Gasteiger partial charge on any atom is -0.171 e. The van der Waals surface area contributed by atoms with E-state index in [-0.39, 0.29) is 8.80 Å². The molecule has 0 aliphatic heterocycles. The van der Waals surface area contributed by atoms with Crippen LogP contribution in [0.25, 0.3) is 0 Å². The molecule has 91 valence electrons. The van der Waals surface area contributed by atoms with Crippen LogP contribution in [0.2, 0.25) is 19.1 Å². The van der Waals surface area contributed by atoms with Gasteiger partial charge in [0.25, 0.3) is 0 Å². The highest BCUT2D eigenvalue weighted by atomic mass is 28.3. The molecule has 0 aliphatic carbocycles. The molecule has 0 saturated carbocycles. The Labute approximate surface area is 92.9 Å². The van der Waals surface area contributed by atoms with Crippen LogP contribution in [0.5, 0.6) is 0 Å². The number of rotatable bonds is 8. The highest BCUT2D eigenvalue weighted by Gasteiger charge is 2.25. The van der Waals surface area contributed by atoms with Crippen molar-refractivity contribution in [2.24, 2.45) is 0 Å². The van der Waals surface area contributed by atoms with Crippen molar-refractivity contribution < 1.29 is 13.2 Å². The van der Waals surface area contributed by atoms with Gasteiger partial charge < -0.3 is 0 Å². The molecule has 0 unspecified atom stereocenters. The first kappa shape index (κ1) is 15.0. The van der Waals surface area contributed by atoms with E-state index in [0.717, 1.165) is 19.3 Å². The zero-order valence-corrected chi connectivity index (χ0v) is 10.8. The van der Waals surface area contributed by atoms with Crippen molar-refractivity contribution in [2.45, 2.75) is 70.3 Å². The van der Waals surface area contributed by atoms with Crippen molar-refractivity contribution >= 4 is 8.80 Å². The minimum atomic E-state index is -3.96. The van der Waals surface area contributed by atoms with Gasteiger partial charge in [0, 0.05) is 15.2 Å². The molecule has 0 aromatic heterocycles. The average molecular weight is 239 g/mol. The Hall–Kier alpha value is 0.00688. The van der Waals surface area contributed by atoms with Gasteiger partial charge in [0.05, 0.1) is 0 Å². The third-order valence-corrected chi connectivity index (χ3v) is 3.74. The smallest absolute Gasteiger partial charge is 0.171 e. The number of alkyl halides is 3. The molecule has 0 aromatic carbocycles. The molecule has 0 saturated heterocycles. The molecule has 15 heavy (non-hydrogen) atoms. The Morgan fingerprint density at radius 1 is 0.800 bits per heavy atom. The van der Waals surface area contributed by atoms with E-state index < -0.39 is 12.6 Å². The molecule has 0 bridgehead atoms. The van der Waals surface area contributed by atoms with E-state index in [2.05, 4.69) is 13.1 Å². The topological polar surface area (TPSA) is 0 Å². The third kappa shape index (κ3) is 14.0. The molecule has 0 fully saturated rings. The van der Waals surface area contributed by atoms with Crippen LogP contribution in [-0.2, 0) is 0 Å². The first-order chi connectivity index (χ1) is 6.92. The van der Waals surface area contributed by atoms with Gasteiger partial charge in [-0.2, -0.15) is 13.2 Å². The Bertz CT molecular complexity index is 143. The van der Waals surface area contributed by atoms with Crippen molar-refractivity contribution in [3.63, 3.8) is 0 Å². The molecule has 0 spiro atoms. The van der Waals surface area contributed by atoms with Crippen LogP contribution >= 0.6 is 0 Å². The number of unbranched alkanes of at least 4 members (excludes halogenated alkanes) is 5. The fourth-order valence-electron chi connectivity index (χ4n) is 1.51. The highest BCUT2D eigenvalue weighted by molar-refractivity contribution is 6.55. The van der Waals surface area contributed by atoms with Gasteiger partial charge in [0.1, 0.15) is 0 Å². The average Bonchev–Trinajstić information content (AvgIpc) is 2.07. The van der Waals surface area contributed by atoms with Gasteiger partial charge in [-0.1, -0.05) is 51.2 Å². The lowest BCUT2D eigenvalue weighted by molar-refractivity contribution is -0.135. The largest absolute Gasteiger partial charge is 0.389 e. The van der Waals surface area contributed by atoms with Crippen molar-refractivity contribution in [2.75, 3.05) is 0 Å². The van der Waals surface area contributed by atoms with Crippen molar-refractivity contribution in [1.82, 2.24) is 0 Å². The van der Waals surface area contributed by atoms with E-state index in [4.69, 9.17) is 0 Å². The number of hydrogen-bond donors (Lipinski definition) is 0. The fourth-order valence-corrected chi connectivity index (χ4v) is 2.47. The second-order valence-corrected chi connectivity index (χ2v) is 7.36. The summed E-state index contributed by atoms with van der Waals surface area (Å²) in [6.45, 7) is 4.60. The molecule has 0 aliphatic rings. The highest BCUT2D eigenvalue weighted by Crippen LogP contribution is 2.23. The third-order valence-electron chi connectivity index (χ3n) is 2.39. The van der Waals surface area contributed by atoms with E-state index >= 15 is 0 Å². The predicted molar refractivity (Wildman–Crippen MR) is 60.7 cm³/mol. The van der Waals surface area contributed by atoms with E-state index in [0.29, 0.717) is 6.42 Å². The van der Waals surface area contributed by atoms with Crippen LogP contribution in [0.4, 0.5) is 13.2 Å². The van der Waals surface area contributed by atoms with Crippen LogP contribution in [0.1, 0.15) is 44.9 Å². The quantitative estimate of drug-likeness (QED) is 0.411. The first-order valence-electron chi connectivity index (χ1n) is 5.77. The summed E-state index contributed by atoms with van der Waals surface area (Å²) in [7, 11) is -0.0996. The van der Waals surface area contributed by atoms with Crippen LogP contribution in [0, 0.1) is 0 Å². The molecule has 0 nitrogen and oxygen atoms in total. The summed E-state index contributed by atoms with van der Waals surface area (Å²) >= 11 is 0. The van der Waals surface area contributed by atoms with Gasteiger partial charge in [-0.3, -0.25) is 0 Å². The molecule has 0 rings (SSSR count). The Kier molecular flexibility index (Phi) is 8.20. The summed E-state index contributed by atoms with van der Waals surface area (Å²) in [5.74, 6) is 0. The molecule has 0 N–H and O–H groups in total. The molecule has 0 heterocycles. The van der Waals surface area contributed by atoms with Crippen molar-refractivity contribution in [1.29, 1.82) is 0 Å². The fraction of sp³-hybridized carbons (Fsp3) is 1.00. The monoisotopic (exact) mass is 239 g/mol. The number of halogens is 3. The maximum Gasteiger partial charge on any atom is 0.389 e. The molecule has 0 amide bonds. The maximum absolute atomic E-state index is 11.8.